The first-order chi connectivity index (χ1) is 7.58. The van der Waals surface area contributed by atoms with Crippen molar-refractivity contribution < 1.29 is 4.52 Å². The van der Waals surface area contributed by atoms with Gasteiger partial charge < -0.3 is 10.3 Å². The number of hydrogen-bond acceptors (Lipinski definition) is 5. The Morgan fingerprint density at radius 1 is 1.38 bits per heavy atom. The standard InChI is InChI=1S/C11H22N4O/c1-5-15(9(4)8(2)3)7-10-13-11(6-12)16-14-10/h8-9H,5-7,12H2,1-4H3. The van der Waals surface area contributed by atoms with E-state index < -0.39 is 0 Å². The molecule has 0 radical (unpaired) electrons. The van der Waals surface area contributed by atoms with E-state index in [2.05, 4.69) is 42.7 Å². The number of hydrogen-bond donors (Lipinski definition) is 1. The zero-order valence-electron chi connectivity index (χ0n) is 10.6. The van der Waals surface area contributed by atoms with E-state index in [9.17, 15) is 0 Å². The van der Waals surface area contributed by atoms with Crippen molar-refractivity contribution in [3.8, 4) is 0 Å². The molecule has 1 aromatic heterocycles. The molecule has 0 bridgehead atoms. The minimum atomic E-state index is 0.304. The fourth-order valence-corrected chi connectivity index (χ4v) is 1.58. The van der Waals surface area contributed by atoms with Crippen molar-refractivity contribution >= 4 is 0 Å². The van der Waals surface area contributed by atoms with Crippen LogP contribution in [0.25, 0.3) is 0 Å². The summed E-state index contributed by atoms with van der Waals surface area (Å²) < 4.78 is 4.99. The Morgan fingerprint density at radius 3 is 2.50 bits per heavy atom. The highest BCUT2D eigenvalue weighted by Gasteiger charge is 2.18. The van der Waals surface area contributed by atoms with Gasteiger partial charge in [0.25, 0.3) is 0 Å². The highest BCUT2D eigenvalue weighted by molar-refractivity contribution is 4.86. The predicted octanol–water partition coefficient (Wildman–Crippen LogP) is 1.39. The molecular formula is C11H22N4O. The van der Waals surface area contributed by atoms with Gasteiger partial charge in [0, 0.05) is 6.04 Å². The molecule has 0 aliphatic heterocycles. The summed E-state index contributed by atoms with van der Waals surface area (Å²) in [6.45, 7) is 10.8. The molecule has 1 atom stereocenters. The molecule has 0 aromatic carbocycles. The van der Waals surface area contributed by atoms with Crippen molar-refractivity contribution in [3.63, 3.8) is 0 Å². The van der Waals surface area contributed by atoms with Gasteiger partial charge in [-0.25, -0.2) is 0 Å². The molecule has 1 unspecified atom stereocenters. The lowest BCUT2D eigenvalue weighted by molar-refractivity contribution is 0.163. The van der Waals surface area contributed by atoms with Crippen LogP contribution in [0, 0.1) is 5.92 Å². The van der Waals surface area contributed by atoms with Gasteiger partial charge in [0.15, 0.2) is 5.82 Å². The molecule has 5 nitrogen and oxygen atoms in total. The van der Waals surface area contributed by atoms with Gasteiger partial charge >= 0.3 is 0 Å². The second-order valence-electron chi connectivity index (χ2n) is 4.36. The first-order valence-electron chi connectivity index (χ1n) is 5.84. The van der Waals surface area contributed by atoms with Gasteiger partial charge in [-0.1, -0.05) is 25.9 Å². The van der Waals surface area contributed by atoms with Crippen molar-refractivity contribution in [2.45, 2.75) is 46.8 Å². The highest BCUT2D eigenvalue weighted by atomic mass is 16.5. The molecule has 16 heavy (non-hydrogen) atoms. The van der Waals surface area contributed by atoms with E-state index in [1.165, 1.54) is 0 Å². The molecule has 0 spiro atoms. The van der Waals surface area contributed by atoms with Gasteiger partial charge in [-0.15, -0.1) is 0 Å². The van der Waals surface area contributed by atoms with Crippen LogP contribution in [0.5, 0.6) is 0 Å². The average molecular weight is 226 g/mol. The zero-order chi connectivity index (χ0) is 12.1. The van der Waals surface area contributed by atoms with Gasteiger partial charge in [-0.3, -0.25) is 4.90 Å². The largest absolute Gasteiger partial charge is 0.338 e. The lowest BCUT2D eigenvalue weighted by atomic mass is 10.0. The van der Waals surface area contributed by atoms with Crippen LogP contribution >= 0.6 is 0 Å². The quantitative estimate of drug-likeness (QED) is 0.794. The lowest BCUT2D eigenvalue weighted by Crippen LogP contribution is -2.36. The molecule has 0 aliphatic rings. The third kappa shape index (κ3) is 3.28. The van der Waals surface area contributed by atoms with Crippen LogP contribution in [-0.2, 0) is 13.1 Å². The monoisotopic (exact) mass is 226 g/mol. The van der Waals surface area contributed by atoms with Crippen molar-refractivity contribution in [2.24, 2.45) is 11.7 Å². The Bertz CT molecular complexity index is 311. The summed E-state index contributed by atoms with van der Waals surface area (Å²) in [5, 5.41) is 3.91. The zero-order valence-corrected chi connectivity index (χ0v) is 10.6. The molecule has 0 saturated carbocycles. The third-order valence-electron chi connectivity index (χ3n) is 2.98. The van der Waals surface area contributed by atoms with Crippen molar-refractivity contribution in [1.29, 1.82) is 0 Å². The van der Waals surface area contributed by atoms with Crippen LogP contribution in [-0.4, -0.2) is 27.6 Å². The number of rotatable bonds is 6. The van der Waals surface area contributed by atoms with E-state index in [0.29, 0.717) is 24.4 Å². The summed E-state index contributed by atoms with van der Waals surface area (Å²) in [4.78, 5) is 6.54. The smallest absolute Gasteiger partial charge is 0.240 e. The molecular weight excluding hydrogens is 204 g/mol. The molecule has 92 valence electrons. The molecule has 0 saturated heterocycles. The molecule has 1 aromatic rings. The van der Waals surface area contributed by atoms with Crippen LogP contribution in [0.4, 0.5) is 0 Å². The minimum absolute atomic E-state index is 0.304. The Hall–Kier alpha value is -0.940. The SMILES string of the molecule is CCN(Cc1noc(CN)n1)C(C)C(C)C. The normalized spacial score (nSPS) is 13.7. The van der Waals surface area contributed by atoms with Gasteiger partial charge in [0.1, 0.15) is 0 Å². The predicted molar refractivity (Wildman–Crippen MR) is 62.6 cm³/mol. The number of nitrogens with two attached hydrogens (primary N) is 1. The molecule has 1 rings (SSSR count). The van der Waals surface area contributed by atoms with Crippen LogP contribution in [0.1, 0.15) is 39.4 Å². The first kappa shape index (κ1) is 13.1. The maximum absolute atomic E-state index is 5.42. The molecule has 0 fully saturated rings. The van der Waals surface area contributed by atoms with Crippen molar-refractivity contribution in [3.05, 3.63) is 11.7 Å². The van der Waals surface area contributed by atoms with E-state index in [4.69, 9.17) is 10.3 Å². The van der Waals surface area contributed by atoms with E-state index in [1.807, 2.05) is 0 Å². The highest BCUT2D eigenvalue weighted by Crippen LogP contribution is 2.12. The molecule has 2 N–H and O–H groups in total. The van der Waals surface area contributed by atoms with Crippen LogP contribution in [0.3, 0.4) is 0 Å². The molecule has 0 aliphatic carbocycles. The summed E-state index contributed by atoms with van der Waals surface area (Å²) in [5.74, 6) is 1.83. The number of nitrogens with zero attached hydrogens (tertiary/aromatic N) is 3. The summed E-state index contributed by atoms with van der Waals surface area (Å²) in [5.41, 5.74) is 5.42. The lowest BCUT2D eigenvalue weighted by Gasteiger charge is -2.29. The maximum Gasteiger partial charge on any atom is 0.240 e. The second kappa shape index (κ2) is 5.96. The van der Waals surface area contributed by atoms with Crippen LogP contribution in [0.2, 0.25) is 0 Å². The maximum atomic E-state index is 5.42. The fraction of sp³-hybridized carbons (Fsp3) is 0.818. The van der Waals surface area contributed by atoms with Gasteiger partial charge in [0.2, 0.25) is 5.89 Å². The van der Waals surface area contributed by atoms with Crippen LogP contribution in [0.15, 0.2) is 4.52 Å². The fourth-order valence-electron chi connectivity index (χ4n) is 1.58. The van der Waals surface area contributed by atoms with Gasteiger partial charge in [-0.2, -0.15) is 4.98 Å². The molecule has 1 heterocycles. The summed E-state index contributed by atoms with van der Waals surface area (Å²) in [6, 6.07) is 0.504. The summed E-state index contributed by atoms with van der Waals surface area (Å²) >= 11 is 0. The Kier molecular flexibility index (Phi) is 4.89. The summed E-state index contributed by atoms with van der Waals surface area (Å²) in [6.07, 6.45) is 0. The Balaban J connectivity index is 2.62. The molecule has 0 amide bonds. The third-order valence-corrected chi connectivity index (χ3v) is 2.98. The van der Waals surface area contributed by atoms with E-state index in [-0.39, 0.29) is 0 Å². The molecule has 5 heteroatoms. The van der Waals surface area contributed by atoms with Gasteiger partial charge in [-0.05, 0) is 19.4 Å². The Morgan fingerprint density at radius 2 is 2.06 bits per heavy atom. The van der Waals surface area contributed by atoms with Gasteiger partial charge in [0.05, 0.1) is 13.1 Å². The Labute approximate surface area is 97.0 Å². The average Bonchev–Trinajstić information content (AvgIpc) is 2.72. The first-order valence-corrected chi connectivity index (χ1v) is 5.84. The number of aromatic nitrogens is 2. The minimum Gasteiger partial charge on any atom is -0.338 e. The van der Waals surface area contributed by atoms with Crippen LogP contribution < -0.4 is 5.73 Å². The topological polar surface area (TPSA) is 68.2 Å². The van der Waals surface area contributed by atoms with E-state index in [0.717, 1.165) is 18.9 Å². The van der Waals surface area contributed by atoms with E-state index >= 15 is 0 Å². The summed E-state index contributed by atoms with van der Waals surface area (Å²) in [7, 11) is 0. The van der Waals surface area contributed by atoms with E-state index in [1.54, 1.807) is 0 Å². The van der Waals surface area contributed by atoms with Crippen molar-refractivity contribution in [1.82, 2.24) is 15.0 Å². The van der Waals surface area contributed by atoms with Crippen molar-refractivity contribution in [2.75, 3.05) is 6.54 Å². The second-order valence-corrected chi connectivity index (χ2v) is 4.36.